The minimum Gasteiger partial charge on any atom is -0.379 e. The van der Waals surface area contributed by atoms with Crippen molar-refractivity contribution < 1.29 is 9.13 Å². The molecule has 0 atom stereocenters. The number of rotatable bonds is 3. The van der Waals surface area contributed by atoms with Crippen molar-refractivity contribution >= 4 is 10.9 Å². The van der Waals surface area contributed by atoms with Crippen LogP contribution < -0.4 is 0 Å². The Morgan fingerprint density at radius 1 is 1.28 bits per heavy atom. The van der Waals surface area contributed by atoms with Gasteiger partial charge in [0.25, 0.3) is 0 Å². The molecule has 1 aliphatic heterocycles. The average Bonchev–Trinajstić information content (AvgIpc) is 2.82. The van der Waals surface area contributed by atoms with Gasteiger partial charge in [-0.2, -0.15) is 0 Å². The van der Waals surface area contributed by atoms with E-state index >= 15 is 0 Å². The molecule has 3 nitrogen and oxygen atoms in total. The summed E-state index contributed by atoms with van der Waals surface area (Å²) >= 11 is 0. The fraction of sp³-hybridized carbons (Fsp3) is 0.429. The van der Waals surface area contributed by atoms with Crippen molar-refractivity contribution in [3.05, 3.63) is 35.8 Å². The Balaban J connectivity index is 1.72. The van der Waals surface area contributed by atoms with Crippen LogP contribution in [0.3, 0.4) is 0 Å². The molecule has 1 aromatic heterocycles. The maximum atomic E-state index is 13.5. The summed E-state index contributed by atoms with van der Waals surface area (Å²) in [5.74, 6) is -0.176. The molecule has 1 aromatic carbocycles. The quantitative estimate of drug-likeness (QED) is 0.901. The summed E-state index contributed by atoms with van der Waals surface area (Å²) in [6.07, 6.45) is 2.87. The number of aromatic nitrogens is 1. The second-order valence-corrected chi connectivity index (χ2v) is 4.68. The van der Waals surface area contributed by atoms with E-state index in [9.17, 15) is 4.39 Å². The van der Waals surface area contributed by atoms with Crippen molar-refractivity contribution in [3.63, 3.8) is 0 Å². The normalized spacial score (nSPS) is 17.4. The third-order valence-electron chi connectivity index (χ3n) is 3.55. The Hall–Kier alpha value is -1.39. The van der Waals surface area contributed by atoms with Gasteiger partial charge in [0.1, 0.15) is 5.82 Å². The van der Waals surface area contributed by atoms with Gasteiger partial charge in [0, 0.05) is 31.2 Å². The van der Waals surface area contributed by atoms with E-state index in [0.717, 1.165) is 44.7 Å². The highest BCUT2D eigenvalue weighted by atomic mass is 19.1. The summed E-state index contributed by atoms with van der Waals surface area (Å²) in [6.45, 7) is 4.64. The van der Waals surface area contributed by atoms with Gasteiger partial charge >= 0.3 is 0 Å². The molecule has 0 amide bonds. The van der Waals surface area contributed by atoms with Gasteiger partial charge in [-0.15, -0.1) is 0 Å². The van der Waals surface area contributed by atoms with Gasteiger partial charge in [-0.3, -0.25) is 4.90 Å². The number of ether oxygens (including phenoxy) is 1. The molecule has 1 fully saturated rings. The van der Waals surface area contributed by atoms with Crippen LogP contribution in [0.5, 0.6) is 0 Å². The molecule has 0 aliphatic carbocycles. The van der Waals surface area contributed by atoms with Crippen molar-refractivity contribution in [1.82, 2.24) is 9.88 Å². The van der Waals surface area contributed by atoms with Gasteiger partial charge in [0.15, 0.2) is 0 Å². The Kier molecular flexibility index (Phi) is 3.30. The lowest BCUT2D eigenvalue weighted by Crippen LogP contribution is -2.37. The second-order valence-electron chi connectivity index (χ2n) is 4.68. The van der Waals surface area contributed by atoms with Crippen molar-refractivity contribution in [2.24, 2.45) is 0 Å². The highest BCUT2D eigenvalue weighted by molar-refractivity contribution is 5.83. The van der Waals surface area contributed by atoms with E-state index in [2.05, 4.69) is 9.88 Å². The molecule has 4 heteroatoms. The lowest BCUT2D eigenvalue weighted by molar-refractivity contribution is 0.0385. The van der Waals surface area contributed by atoms with Gasteiger partial charge in [-0.1, -0.05) is 12.1 Å². The molecule has 18 heavy (non-hydrogen) atoms. The summed E-state index contributed by atoms with van der Waals surface area (Å²) in [7, 11) is 0. The zero-order chi connectivity index (χ0) is 12.4. The van der Waals surface area contributed by atoms with Crippen molar-refractivity contribution in [3.8, 4) is 0 Å². The van der Waals surface area contributed by atoms with Crippen LogP contribution in [-0.2, 0) is 11.2 Å². The summed E-state index contributed by atoms with van der Waals surface area (Å²) in [6, 6.07) is 5.23. The molecule has 1 N–H and O–H groups in total. The first-order valence-electron chi connectivity index (χ1n) is 6.39. The van der Waals surface area contributed by atoms with Crippen LogP contribution in [-0.4, -0.2) is 42.7 Å². The number of morpholine rings is 1. The molecule has 0 saturated carbocycles. The molecule has 0 bridgehead atoms. The van der Waals surface area contributed by atoms with Gasteiger partial charge in [0.2, 0.25) is 0 Å². The molecule has 0 spiro atoms. The molecular weight excluding hydrogens is 231 g/mol. The van der Waals surface area contributed by atoms with Crippen LogP contribution in [0.25, 0.3) is 10.9 Å². The van der Waals surface area contributed by atoms with Crippen molar-refractivity contribution in [2.45, 2.75) is 6.42 Å². The maximum absolute atomic E-state index is 13.5. The zero-order valence-electron chi connectivity index (χ0n) is 10.3. The van der Waals surface area contributed by atoms with E-state index in [1.165, 1.54) is 11.6 Å². The standard InChI is InChI=1S/C14H17FN2O/c15-13-3-1-2-12-11(10-16-14(12)13)4-5-17-6-8-18-9-7-17/h1-3,10,16H,4-9H2. The molecule has 1 aliphatic rings. The summed E-state index contributed by atoms with van der Waals surface area (Å²) in [4.78, 5) is 5.42. The van der Waals surface area contributed by atoms with Gasteiger partial charge < -0.3 is 9.72 Å². The first-order chi connectivity index (χ1) is 8.84. The molecule has 2 heterocycles. The van der Waals surface area contributed by atoms with E-state index in [1.807, 2.05) is 12.3 Å². The molecule has 0 unspecified atom stereocenters. The molecule has 2 aromatic rings. The first kappa shape index (κ1) is 11.7. The number of hydrogen-bond donors (Lipinski definition) is 1. The number of hydrogen-bond acceptors (Lipinski definition) is 2. The Bertz CT molecular complexity index is 532. The molecular formula is C14H17FN2O. The minimum absolute atomic E-state index is 0.176. The highest BCUT2D eigenvalue weighted by Crippen LogP contribution is 2.21. The van der Waals surface area contributed by atoms with Crippen LogP contribution in [0.1, 0.15) is 5.56 Å². The lowest BCUT2D eigenvalue weighted by Gasteiger charge is -2.26. The summed E-state index contributed by atoms with van der Waals surface area (Å²) in [5, 5.41) is 1.00. The zero-order valence-corrected chi connectivity index (χ0v) is 10.3. The van der Waals surface area contributed by atoms with Crippen LogP contribution >= 0.6 is 0 Å². The lowest BCUT2D eigenvalue weighted by atomic mass is 10.1. The second kappa shape index (κ2) is 5.08. The topological polar surface area (TPSA) is 28.3 Å². The number of H-pyrrole nitrogens is 1. The molecule has 96 valence electrons. The smallest absolute Gasteiger partial charge is 0.147 e. The number of benzene rings is 1. The van der Waals surface area contributed by atoms with E-state index in [0.29, 0.717) is 5.52 Å². The third kappa shape index (κ3) is 2.26. The largest absolute Gasteiger partial charge is 0.379 e. The van der Waals surface area contributed by atoms with Crippen molar-refractivity contribution in [2.75, 3.05) is 32.8 Å². The number of para-hydroxylation sites is 1. The molecule has 1 saturated heterocycles. The van der Waals surface area contributed by atoms with Crippen molar-refractivity contribution in [1.29, 1.82) is 0 Å². The van der Waals surface area contributed by atoms with E-state index in [4.69, 9.17) is 4.74 Å². The minimum atomic E-state index is -0.176. The Morgan fingerprint density at radius 2 is 2.11 bits per heavy atom. The summed E-state index contributed by atoms with van der Waals surface area (Å²) < 4.78 is 18.9. The van der Waals surface area contributed by atoms with E-state index < -0.39 is 0 Å². The molecule has 3 rings (SSSR count). The number of fused-ring (bicyclic) bond motifs is 1. The number of halogens is 1. The monoisotopic (exact) mass is 248 g/mol. The predicted molar refractivity (Wildman–Crippen MR) is 69.2 cm³/mol. The number of aromatic amines is 1. The average molecular weight is 248 g/mol. The van der Waals surface area contributed by atoms with Crippen LogP contribution in [0, 0.1) is 5.82 Å². The fourth-order valence-electron chi connectivity index (χ4n) is 2.49. The third-order valence-corrected chi connectivity index (χ3v) is 3.55. The number of nitrogens with zero attached hydrogens (tertiary/aromatic N) is 1. The van der Waals surface area contributed by atoms with Gasteiger partial charge in [0.05, 0.1) is 18.7 Å². The Morgan fingerprint density at radius 3 is 2.94 bits per heavy atom. The predicted octanol–water partition coefficient (Wildman–Crippen LogP) is 2.18. The summed E-state index contributed by atoms with van der Waals surface area (Å²) in [5.41, 5.74) is 1.81. The number of nitrogens with one attached hydrogen (secondary N) is 1. The van der Waals surface area contributed by atoms with E-state index in [-0.39, 0.29) is 5.82 Å². The van der Waals surface area contributed by atoms with E-state index in [1.54, 1.807) is 6.07 Å². The Labute approximate surface area is 106 Å². The maximum Gasteiger partial charge on any atom is 0.147 e. The fourth-order valence-corrected chi connectivity index (χ4v) is 2.49. The van der Waals surface area contributed by atoms with Gasteiger partial charge in [-0.25, -0.2) is 4.39 Å². The van der Waals surface area contributed by atoms with Crippen LogP contribution in [0.4, 0.5) is 4.39 Å². The van der Waals surface area contributed by atoms with Crippen LogP contribution in [0.2, 0.25) is 0 Å². The molecule has 0 radical (unpaired) electrons. The highest BCUT2D eigenvalue weighted by Gasteiger charge is 2.12. The van der Waals surface area contributed by atoms with Crippen LogP contribution in [0.15, 0.2) is 24.4 Å². The first-order valence-corrected chi connectivity index (χ1v) is 6.39. The SMILES string of the molecule is Fc1cccc2c(CCN3CCOCC3)c[nH]c12. The van der Waals surface area contributed by atoms with Gasteiger partial charge in [-0.05, 0) is 18.1 Å².